The lowest BCUT2D eigenvalue weighted by atomic mass is 9.91. The number of carbonyl (C=O) groups is 2. The summed E-state index contributed by atoms with van der Waals surface area (Å²) in [7, 11) is 0. The van der Waals surface area contributed by atoms with Crippen LogP contribution in [0.5, 0.6) is 0 Å². The van der Waals surface area contributed by atoms with Crippen molar-refractivity contribution in [1.29, 1.82) is 0 Å². The monoisotopic (exact) mass is 184 g/mol. The minimum Gasteiger partial charge on any atom is -0.356 e. The van der Waals surface area contributed by atoms with E-state index in [4.69, 9.17) is 0 Å². The molecule has 1 heterocycles. The first kappa shape index (κ1) is 8.50. The Hall–Kier alpha value is -1.10. The molecule has 0 bridgehead atoms. The summed E-state index contributed by atoms with van der Waals surface area (Å²) >= 11 is 0. The van der Waals surface area contributed by atoms with Crippen LogP contribution in [-0.2, 0) is 9.59 Å². The molecule has 1 aliphatic heterocycles. The van der Waals surface area contributed by atoms with Crippen molar-refractivity contribution in [2.24, 2.45) is 0 Å². The second-order valence-corrected chi connectivity index (χ2v) is 3.50. The van der Waals surface area contributed by atoms with Crippen LogP contribution in [0.15, 0.2) is 0 Å². The van der Waals surface area contributed by atoms with Gasteiger partial charge in [-0.25, -0.2) is 0 Å². The highest BCUT2D eigenvalue weighted by Crippen LogP contribution is 2.27. The van der Waals surface area contributed by atoms with Gasteiger partial charge in [0.15, 0.2) is 0 Å². The van der Waals surface area contributed by atoms with E-state index >= 15 is 0 Å². The van der Waals surface area contributed by atoms with Crippen LogP contribution >= 0.6 is 0 Å². The van der Waals surface area contributed by atoms with Gasteiger partial charge in [0.2, 0.25) is 18.2 Å². The van der Waals surface area contributed by atoms with Crippen LogP contribution in [0.2, 0.25) is 0 Å². The molecule has 2 N–H and O–H groups in total. The van der Waals surface area contributed by atoms with Gasteiger partial charge in [-0.2, -0.15) is 0 Å². The number of hydrogen-bond donors (Lipinski definition) is 2. The van der Waals surface area contributed by atoms with E-state index in [9.17, 15) is 14.7 Å². The maximum Gasteiger partial charge on any atom is 0.235 e. The lowest BCUT2D eigenvalue weighted by molar-refractivity contribution is -0.164. The molecule has 2 rings (SSSR count). The van der Waals surface area contributed by atoms with Gasteiger partial charge in [0.25, 0.3) is 0 Å². The number of rotatable bonds is 1. The Morgan fingerprint density at radius 1 is 1.38 bits per heavy atom. The van der Waals surface area contributed by atoms with Crippen molar-refractivity contribution in [2.45, 2.75) is 38.1 Å². The Morgan fingerprint density at radius 2 is 2.08 bits per heavy atom. The second-order valence-electron chi connectivity index (χ2n) is 3.50. The summed E-state index contributed by atoms with van der Waals surface area (Å²) in [6, 6.07) is 0.128. The van der Waals surface area contributed by atoms with E-state index in [1.165, 1.54) is 4.90 Å². The number of carbonyl (C=O) groups excluding carboxylic acids is 2. The lowest BCUT2D eigenvalue weighted by Crippen LogP contribution is -2.61. The van der Waals surface area contributed by atoms with E-state index in [1.807, 2.05) is 0 Å². The zero-order valence-corrected chi connectivity index (χ0v) is 7.19. The van der Waals surface area contributed by atoms with Crippen molar-refractivity contribution in [1.82, 2.24) is 10.2 Å². The predicted octanol–water partition coefficient (Wildman–Crippen LogP) is -0.837. The Kier molecular flexibility index (Phi) is 1.95. The maximum absolute atomic E-state index is 11.4. The first-order valence-electron chi connectivity index (χ1n) is 4.47. The number of nitrogens with zero attached hydrogens (tertiary/aromatic N) is 1. The topological polar surface area (TPSA) is 69.6 Å². The van der Waals surface area contributed by atoms with E-state index in [2.05, 4.69) is 5.32 Å². The third-order valence-corrected chi connectivity index (χ3v) is 2.62. The van der Waals surface area contributed by atoms with Gasteiger partial charge in [-0.05, 0) is 19.3 Å². The molecule has 1 atom stereocenters. The third kappa shape index (κ3) is 1.39. The summed E-state index contributed by atoms with van der Waals surface area (Å²) < 4.78 is 0. The molecule has 2 fully saturated rings. The summed E-state index contributed by atoms with van der Waals surface area (Å²) in [4.78, 5) is 23.6. The molecule has 2 aliphatic rings. The zero-order chi connectivity index (χ0) is 9.42. The quantitative estimate of drug-likeness (QED) is 0.522. The van der Waals surface area contributed by atoms with Crippen LogP contribution in [0.25, 0.3) is 0 Å². The summed E-state index contributed by atoms with van der Waals surface area (Å²) in [5.41, 5.74) is 0. The normalized spacial score (nSPS) is 29.9. The third-order valence-electron chi connectivity index (χ3n) is 2.62. The van der Waals surface area contributed by atoms with Gasteiger partial charge in [0, 0.05) is 6.04 Å². The highest BCUT2D eigenvalue weighted by Gasteiger charge is 2.37. The van der Waals surface area contributed by atoms with Crippen molar-refractivity contribution >= 4 is 11.8 Å². The minimum atomic E-state index is -1.11. The molecule has 2 amide bonds. The van der Waals surface area contributed by atoms with Crippen LogP contribution in [0.4, 0.5) is 0 Å². The largest absolute Gasteiger partial charge is 0.356 e. The van der Waals surface area contributed by atoms with Crippen molar-refractivity contribution in [3.8, 4) is 0 Å². The SMILES string of the molecule is O=C1CC(=O)N(C2CCC2)C(O)N1. The van der Waals surface area contributed by atoms with Crippen molar-refractivity contribution < 1.29 is 14.7 Å². The standard InChI is InChI=1S/C8H12N2O3/c11-6-4-7(12)10(8(13)9-6)5-2-1-3-5/h5,8,13H,1-4H2,(H,9,11). The first-order chi connectivity index (χ1) is 6.18. The van der Waals surface area contributed by atoms with E-state index in [-0.39, 0.29) is 18.4 Å². The molecule has 5 nitrogen and oxygen atoms in total. The number of nitrogens with one attached hydrogen (secondary N) is 1. The van der Waals surface area contributed by atoms with Gasteiger partial charge in [-0.3, -0.25) is 14.5 Å². The Labute approximate surface area is 75.7 Å². The molecular weight excluding hydrogens is 172 g/mol. The first-order valence-corrected chi connectivity index (χ1v) is 4.47. The fourth-order valence-corrected chi connectivity index (χ4v) is 1.70. The molecule has 0 spiro atoms. The van der Waals surface area contributed by atoms with Gasteiger partial charge < -0.3 is 10.4 Å². The van der Waals surface area contributed by atoms with Crippen LogP contribution in [0, 0.1) is 0 Å². The van der Waals surface area contributed by atoms with Gasteiger partial charge in [0.05, 0.1) is 0 Å². The predicted molar refractivity (Wildman–Crippen MR) is 43.3 cm³/mol. The highest BCUT2D eigenvalue weighted by molar-refractivity contribution is 5.99. The van der Waals surface area contributed by atoms with Crippen LogP contribution in [0.1, 0.15) is 25.7 Å². The number of aliphatic hydroxyl groups excluding tert-OH is 1. The molecule has 0 aromatic rings. The molecule has 1 unspecified atom stereocenters. The average Bonchev–Trinajstić information content (AvgIpc) is 1.92. The Bertz CT molecular complexity index is 250. The molecule has 72 valence electrons. The summed E-state index contributed by atoms with van der Waals surface area (Å²) in [5.74, 6) is -0.658. The molecule has 5 heteroatoms. The molecule has 0 aromatic carbocycles. The molecule has 1 aliphatic carbocycles. The van der Waals surface area contributed by atoms with Gasteiger partial charge >= 0.3 is 0 Å². The smallest absolute Gasteiger partial charge is 0.235 e. The summed E-state index contributed by atoms with van der Waals surface area (Å²) in [6.07, 6.45) is 1.71. The molecule has 13 heavy (non-hydrogen) atoms. The highest BCUT2D eigenvalue weighted by atomic mass is 16.3. The van der Waals surface area contributed by atoms with E-state index in [1.54, 1.807) is 0 Å². The molecule has 1 saturated carbocycles. The Morgan fingerprint density at radius 3 is 2.54 bits per heavy atom. The van der Waals surface area contributed by atoms with Crippen molar-refractivity contribution in [2.75, 3.05) is 0 Å². The van der Waals surface area contributed by atoms with E-state index in [0.29, 0.717) is 0 Å². The maximum atomic E-state index is 11.4. The van der Waals surface area contributed by atoms with E-state index < -0.39 is 12.3 Å². The van der Waals surface area contributed by atoms with Gasteiger partial charge in [0.1, 0.15) is 6.42 Å². The minimum absolute atomic E-state index is 0.128. The number of hydrogen-bond acceptors (Lipinski definition) is 3. The zero-order valence-electron chi connectivity index (χ0n) is 7.19. The average molecular weight is 184 g/mol. The van der Waals surface area contributed by atoms with Gasteiger partial charge in [-0.1, -0.05) is 0 Å². The van der Waals surface area contributed by atoms with Crippen molar-refractivity contribution in [3.05, 3.63) is 0 Å². The molecule has 0 radical (unpaired) electrons. The molecular formula is C8H12N2O3. The van der Waals surface area contributed by atoms with Crippen LogP contribution in [0.3, 0.4) is 0 Å². The van der Waals surface area contributed by atoms with Gasteiger partial charge in [-0.15, -0.1) is 0 Å². The van der Waals surface area contributed by atoms with E-state index in [0.717, 1.165) is 19.3 Å². The number of aliphatic hydroxyl groups is 1. The fourth-order valence-electron chi connectivity index (χ4n) is 1.70. The van der Waals surface area contributed by atoms with Crippen LogP contribution < -0.4 is 5.32 Å². The van der Waals surface area contributed by atoms with Crippen molar-refractivity contribution in [3.63, 3.8) is 0 Å². The fraction of sp³-hybridized carbons (Fsp3) is 0.750. The van der Waals surface area contributed by atoms with Crippen LogP contribution in [-0.4, -0.2) is 34.2 Å². The summed E-state index contributed by atoms with van der Waals surface area (Å²) in [5, 5.41) is 11.7. The molecule has 0 aromatic heterocycles. The number of amides is 2. The Balaban J connectivity index is 2.07. The molecule has 1 saturated heterocycles. The lowest BCUT2D eigenvalue weighted by Gasteiger charge is -2.42. The summed E-state index contributed by atoms with van der Waals surface area (Å²) in [6.45, 7) is 0. The second kappa shape index (κ2) is 2.99.